The average Bonchev–Trinajstić information content (AvgIpc) is 3.28. The Kier molecular flexibility index (Phi) is 7.09. The van der Waals surface area contributed by atoms with Gasteiger partial charge in [-0.2, -0.15) is 0 Å². The minimum atomic E-state index is -0.756. The Labute approximate surface area is 221 Å². The van der Waals surface area contributed by atoms with Crippen molar-refractivity contribution in [2.45, 2.75) is 32.7 Å². The fraction of sp³-hybridized carbons (Fsp3) is 0.194. The van der Waals surface area contributed by atoms with E-state index in [0.717, 1.165) is 33.5 Å². The summed E-state index contributed by atoms with van der Waals surface area (Å²) in [4.78, 5) is 39.9. The maximum Gasteiger partial charge on any atom is 0.335 e. The number of carbonyl (C=O) groups excluding carboxylic acids is 3. The topological polar surface area (TPSA) is 80.6 Å². The molecule has 3 aromatic carbocycles. The predicted octanol–water partition coefficient (Wildman–Crippen LogP) is 5.90. The van der Waals surface area contributed by atoms with Crippen LogP contribution in [0.3, 0.4) is 0 Å². The van der Waals surface area contributed by atoms with Gasteiger partial charge in [0.2, 0.25) is 0 Å². The molecule has 0 saturated carbocycles. The van der Waals surface area contributed by atoms with Crippen molar-refractivity contribution in [3.05, 3.63) is 102 Å². The fourth-order valence-corrected chi connectivity index (χ4v) is 4.59. The van der Waals surface area contributed by atoms with Gasteiger partial charge in [0.25, 0.3) is 11.8 Å². The van der Waals surface area contributed by atoms with Crippen molar-refractivity contribution in [1.82, 2.24) is 9.88 Å². The number of barbiturate groups is 1. The molecule has 1 aliphatic rings. The highest BCUT2D eigenvalue weighted by Crippen LogP contribution is 2.28. The Morgan fingerprint density at radius 2 is 1.63 bits per heavy atom. The van der Waals surface area contributed by atoms with Crippen LogP contribution in [0.25, 0.3) is 17.0 Å². The molecule has 1 saturated heterocycles. The van der Waals surface area contributed by atoms with Crippen LogP contribution in [0.1, 0.15) is 37.3 Å². The van der Waals surface area contributed by atoms with Crippen LogP contribution in [0.4, 0.5) is 10.5 Å². The summed E-state index contributed by atoms with van der Waals surface area (Å²) in [7, 11) is 0. The van der Waals surface area contributed by atoms with Crippen LogP contribution in [0.5, 0.6) is 5.75 Å². The Morgan fingerprint density at radius 3 is 2.37 bits per heavy atom. The molecule has 7 heteroatoms. The van der Waals surface area contributed by atoms with Crippen LogP contribution < -0.4 is 15.0 Å². The number of anilines is 1. The minimum absolute atomic E-state index is 0.0981. The van der Waals surface area contributed by atoms with Crippen molar-refractivity contribution in [2.24, 2.45) is 0 Å². The van der Waals surface area contributed by atoms with E-state index in [4.69, 9.17) is 4.74 Å². The monoisotopic (exact) mass is 507 g/mol. The number of nitrogens with one attached hydrogen (secondary N) is 1. The molecular weight excluding hydrogens is 478 g/mol. The molecule has 5 rings (SSSR count). The Hall–Kier alpha value is -4.65. The average molecular weight is 508 g/mol. The van der Waals surface area contributed by atoms with Crippen LogP contribution in [0, 0.1) is 0 Å². The highest BCUT2D eigenvalue weighted by molar-refractivity contribution is 6.39. The van der Waals surface area contributed by atoms with Crippen LogP contribution >= 0.6 is 0 Å². The van der Waals surface area contributed by atoms with E-state index in [2.05, 4.69) is 19.2 Å². The largest absolute Gasteiger partial charge is 0.492 e. The Balaban J connectivity index is 1.43. The van der Waals surface area contributed by atoms with Gasteiger partial charge in [0, 0.05) is 22.7 Å². The number of imide groups is 2. The van der Waals surface area contributed by atoms with Gasteiger partial charge in [0.05, 0.1) is 12.2 Å². The fourth-order valence-electron chi connectivity index (χ4n) is 4.59. The molecule has 1 N–H and O–H groups in total. The molecule has 0 bridgehead atoms. The SMILES string of the molecule is CCC(C)c1ccc(N2C(=O)NC(=O)/C(=C/c3cn(CCOc4ccccc4)c4ccccc34)C2=O)cc1. The second-order valence-corrected chi connectivity index (χ2v) is 9.32. The molecular formula is C31H29N3O4. The van der Waals surface area contributed by atoms with Crippen LogP contribution in [-0.2, 0) is 16.1 Å². The zero-order valence-corrected chi connectivity index (χ0v) is 21.4. The molecule has 38 heavy (non-hydrogen) atoms. The van der Waals surface area contributed by atoms with Crippen LogP contribution in [0.15, 0.2) is 90.6 Å². The van der Waals surface area contributed by atoms with E-state index < -0.39 is 17.8 Å². The number of amides is 4. The predicted molar refractivity (Wildman–Crippen MR) is 148 cm³/mol. The van der Waals surface area contributed by atoms with Gasteiger partial charge in [0.15, 0.2) is 0 Å². The molecule has 1 aromatic heterocycles. The molecule has 0 aliphatic carbocycles. The number of hydrogen-bond acceptors (Lipinski definition) is 4. The van der Waals surface area contributed by atoms with Crippen LogP contribution in [0.2, 0.25) is 0 Å². The van der Waals surface area contributed by atoms with E-state index in [1.807, 2.05) is 77.5 Å². The molecule has 2 heterocycles. The maximum absolute atomic E-state index is 13.4. The lowest BCUT2D eigenvalue weighted by Gasteiger charge is -2.26. The lowest BCUT2D eigenvalue weighted by atomic mass is 9.98. The number of nitrogens with zero attached hydrogens (tertiary/aromatic N) is 2. The number of urea groups is 1. The van der Waals surface area contributed by atoms with Crippen molar-refractivity contribution in [1.29, 1.82) is 0 Å². The second-order valence-electron chi connectivity index (χ2n) is 9.32. The Bertz CT molecular complexity index is 1520. The first-order valence-electron chi connectivity index (χ1n) is 12.7. The van der Waals surface area contributed by atoms with Gasteiger partial charge >= 0.3 is 6.03 Å². The van der Waals surface area contributed by atoms with Crippen molar-refractivity contribution < 1.29 is 19.1 Å². The number of aromatic nitrogens is 1. The molecule has 0 radical (unpaired) electrons. The van der Waals surface area contributed by atoms with E-state index in [9.17, 15) is 14.4 Å². The van der Waals surface area contributed by atoms with Gasteiger partial charge in [0.1, 0.15) is 17.9 Å². The highest BCUT2D eigenvalue weighted by atomic mass is 16.5. The van der Waals surface area contributed by atoms with Gasteiger partial charge in [-0.3, -0.25) is 14.9 Å². The summed E-state index contributed by atoms with van der Waals surface area (Å²) in [5.74, 6) is -0.212. The highest BCUT2D eigenvalue weighted by Gasteiger charge is 2.37. The maximum atomic E-state index is 13.4. The van der Waals surface area contributed by atoms with E-state index in [0.29, 0.717) is 30.3 Å². The minimum Gasteiger partial charge on any atom is -0.492 e. The van der Waals surface area contributed by atoms with Gasteiger partial charge in [-0.05, 0) is 54.3 Å². The summed E-state index contributed by atoms with van der Waals surface area (Å²) in [5, 5.41) is 3.21. The number of fused-ring (bicyclic) bond motifs is 1. The zero-order chi connectivity index (χ0) is 26.6. The van der Waals surface area contributed by atoms with Gasteiger partial charge in [-0.1, -0.05) is 62.4 Å². The third kappa shape index (κ3) is 4.95. The summed E-state index contributed by atoms with van der Waals surface area (Å²) < 4.78 is 7.89. The first-order valence-corrected chi connectivity index (χ1v) is 12.7. The standard InChI is InChI=1S/C31H29N3O4/c1-3-21(2)22-13-15-24(16-14-22)34-30(36)27(29(35)32-31(34)37)19-23-20-33(28-12-8-7-11-26(23)28)17-18-38-25-9-5-4-6-10-25/h4-16,19-21H,3,17-18H2,1-2H3,(H,32,35,37)/b27-19-. The first kappa shape index (κ1) is 25.0. The van der Waals surface area contributed by atoms with Crippen molar-refractivity contribution in [2.75, 3.05) is 11.5 Å². The van der Waals surface area contributed by atoms with Crippen molar-refractivity contribution in [3.63, 3.8) is 0 Å². The normalized spacial score (nSPS) is 15.7. The summed E-state index contributed by atoms with van der Waals surface area (Å²) in [6.07, 6.45) is 4.44. The molecule has 1 atom stereocenters. The van der Waals surface area contributed by atoms with E-state index in [1.54, 1.807) is 18.2 Å². The molecule has 7 nitrogen and oxygen atoms in total. The van der Waals surface area contributed by atoms with Crippen LogP contribution in [-0.4, -0.2) is 29.0 Å². The smallest absolute Gasteiger partial charge is 0.335 e. The van der Waals surface area contributed by atoms with E-state index in [-0.39, 0.29) is 5.57 Å². The van der Waals surface area contributed by atoms with Crippen molar-refractivity contribution in [3.8, 4) is 5.75 Å². The molecule has 192 valence electrons. The lowest BCUT2D eigenvalue weighted by Crippen LogP contribution is -2.54. The van der Waals surface area contributed by atoms with Gasteiger partial charge in [-0.15, -0.1) is 0 Å². The van der Waals surface area contributed by atoms with Crippen molar-refractivity contribution >= 4 is 40.5 Å². The van der Waals surface area contributed by atoms with E-state index in [1.165, 1.54) is 0 Å². The molecule has 1 fully saturated rings. The zero-order valence-electron chi connectivity index (χ0n) is 21.4. The molecule has 4 amide bonds. The van der Waals surface area contributed by atoms with E-state index >= 15 is 0 Å². The summed E-state index contributed by atoms with van der Waals surface area (Å²) in [6.45, 7) is 5.26. The third-order valence-electron chi connectivity index (χ3n) is 6.90. The summed E-state index contributed by atoms with van der Waals surface area (Å²) in [6, 6.07) is 23.9. The first-order chi connectivity index (χ1) is 18.5. The molecule has 1 unspecified atom stereocenters. The van der Waals surface area contributed by atoms with Gasteiger partial charge < -0.3 is 9.30 Å². The Morgan fingerprint density at radius 1 is 0.921 bits per heavy atom. The summed E-state index contributed by atoms with van der Waals surface area (Å²) in [5.41, 5.74) is 3.10. The number of rotatable bonds is 8. The lowest BCUT2D eigenvalue weighted by molar-refractivity contribution is -0.122. The number of benzene rings is 3. The molecule has 0 spiro atoms. The number of para-hydroxylation sites is 2. The summed E-state index contributed by atoms with van der Waals surface area (Å²) >= 11 is 0. The number of hydrogen-bond donors (Lipinski definition) is 1. The molecule has 4 aromatic rings. The quantitative estimate of drug-likeness (QED) is 0.238. The number of carbonyl (C=O) groups is 3. The second kappa shape index (κ2) is 10.8. The third-order valence-corrected chi connectivity index (χ3v) is 6.90. The van der Waals surface area contributed by atoms with Gasteiger partial charge in [-0.25, -0.2) is 9.69 Å². The number of ether oxygens (including phenoxy) is 1. The molecule has 1 aliphatic heterocycles.